The molecule has 1 aromatic heterocycles. The molecule has 2 aromatic carbocycles. The molecule has 1 aliphatic rings. The van der Waals surface area contributed by atoms with Gasteiger partial charge in [0.1, 0.15) is 10.7 Å². The lowest BCUT2D eigenvalue weighted by Crippen LogP contribution is -2.31. The molecular weight excluding hydrogens is 330 g/mol. The molecule has 0 saturated carbocycles. The zero-order chi connectivity index (χ0) is 16.9. The van der Waals surface area contributed by atoms with E-state index in [1.54, 1.807) is 11.9 Å². The van der Waals surface area contributed by atoms with Crippen LogP contribution in [0.25, 0.3) is 22.4 Å². The standard InChI is InChI=1S/C20H19N3OS/c1-3-7-16(8-4-1)18-15-19(25-23-11-13-24-14-12-23)21-22-20(18)17-9-5-2-6-10-17/h1-10,15H,11-14H2. The Kier molecular flexibility index (Phi) is 5.06. The third-order valence-electron chi connectivity index (χ3n) is 4.10. The van der Waals surface area contributed by atoms with Crippen LogP contribution < -0.4 is 0 Å². The quantitative estimate of drug-likeness (QED) is 0.662. The predicted octanol–water partition coefficient (Wildman–Crippen LogP) is 4.15. The molecular formula is C20H19N3OS. The lowest BCUT2D eigenvalue weighted by molar-refractivity contribution is 0.0772. The second-order valence-corrected chi connectivity index (χ2v) is 6.93. The zero-order valence-electron chi connectivity index (χ0n) is 13.8. The highest BCUT2D eigenvalue weighted by molar-refractivity contribution is 7.97. The molecule has 0 unspecified atom stereocenters. The number of hydrogen-bond acceptors (Lipinski definition) is 5. The van der Waals surface area contributed by atoms with E-state index in [0.29, 0.717) is 0 Å². The molecule has 1 fully saturated rings. The number of rotatable bonds is 4. The summed E-state index contributed by atoms with van der Waals surface area (Å²) in [6.45, 7) is 3.36. The third-order valence-corrected chi connectivity index (χ3v) is 5.11. The molecule has 2 heterocycles. The van der Waals surface area contributed by atoms with Crippen molar-refractivity contribution in [2.24, 2.45) is 0 Å². The van der Waals surface area contributed by atoms with E-state index >= 15 is 0 Å². The van der Waals surface area contributed by atoms with Crippen molar-refractivity contribution in [2.45, 2.75) is 5.03 Å². The van der Waals surface area contributed by atoms with Gasteiger partial charge >= 0.3 is 0 Å². The van der Waals surface area contributed by atoms with E-state index in [2.05, 4.69) is 57.0 Å². The summed E-state index contributed by atoms with van der Waals surface area (Å²) in [5.41, 5.74) is 4.26. The SMILES string of the molecule is c1ccc(-c2cc(SN3CCOCC3)nnc2-c2ccccc2)cc1. The smallest absolute Gasteiger partial charge is 0.134 e. The highest BCUT2D eigenvalue weighted by Gasteiger charge is 2.16. The Labute approximate surface area is 152 Å². The van der Waals surface area contributed by atoms with Crippen molar-refractivity contribution in [3.63, 3.8) is 0 Å². The summed E-state index contributed by atoms with van der Waals surface area (Å²) in [6.07, 6.45) is 0. The van der Waals surface area contributed by atoms with E-state index in [-0.39, 0.29) is 0 Å². The minimum atomic E-state index is 0.772. The minimum absolute atomic E-state index is 0.772. The van der Waals surface area contributed by atoms with Gasteiger partial charge in [-0.15, -0.1) is 10.2 Å². The van der Waals surface area contributed by atoms with Gasteiger partial charge in [-0.3, -0.25) is 0 Å². The van der Waals surface area contributed by atoms with Crippen LogP contribution in [-0.4, -0.2) is 40.8 Å². The van der Waals surface area contributed by atoms with Crippen LogP contribution in [-0.2, 0) is 4.74 Å². The molecule has 0 bridgehead atoms. The molecule has 25 heavy (non-hydrogen) atoms. The normalized spacial score (nSPS) is 15.2. The minimum Gasteiger partial charge on any atom is -0.379 e. The number of hydrogen-bond donors (Lipinski definition) is 0. The fourth-order valence-electron chi connectivity index (χ4n) is 2.84. The van der Waals surface area contributed by atoms with Crippen molar-refractivity contribution in [3.05, 3.63) is 66.7 Å². The molecule has 0 radical (unpaired) electrons. The highest BCUT2D eigenvalue weighted by atomic mass is 32.2. The van der Waals surface area contributed by atoms with Gasteiger partial charge in [-0.25, -0.2) is 4.31 Å². The Hall–Kier alpha value is -2.21. The van der Waals surface area contributed by atoms with Gasteiger partial charge in [0.25, 0.3) is 0 Å². The predicted molar refractivity (Wildman–Crippen MR) is 101 cm³/mol. The van der Waals surface area contributed by atoms with Crippen LogP contribution in [0.15, 0.2) is 71.8 Å². The lowest BCUT2D eigenvalue weighted by Gasteiger charge is -2.24. The highest BCUT2D eigenvalue weighted by Crippen LogP contribution is 2.33. The third kappa shape index (κ3) is 3.90. The zero-order valence-corrected chi connectivity index (χ0v) is 14.7. The molecule has 126 valence electrons. The Bertz CT molecular complexity index is 821. The van der Waals surface area contributed by atoms with E-state index < -0.39 is 0 Å². The maximum absolute atomic E-state index is 5.42. The van der Waals surface area contributed by atoms with Gasteiger partial charge in [-0.05, 0) is 23.6 Å². The summed E-state index contributed by atoms with van der Waals surface area (Å²) in [7, 11) is 0. The fourth-order valence-corrected chi connectivity index (χ4v) is 3.68. The second kappa shape index (κ2) is 7.78. The van der Waals surface area contributed by atoms with Crippen LogP contribution in [0, 0.1) is 0 Å². The molecule has 1 aliphatic heterocycles. The van der Waals surface area contributed by atoms with E-state index in [9.17, 15) is 0 Å². The second-order valence-electron chi connectivity index (χ2n) is 5.81. The lowest BCUT2D eigenvalue weighted by atomic mass is 10.0. The fraction of sp³-hybridized carbons (Fsp3) is 0.200. The number of aromatic nitrogens is 2. The van der Waals surface area contributed by atoms with Gasteiger partial charge in [0.15, 0.2) is 0 Å². The molecule has 0 atom stereocenters. The molecule has 0 aliphatic carbocycles. The Morgan fingerprint density at radius 1 is 0.800 bits per heavy atom. The first-order valence-corrected chi connectivity index (χ1v) is 9.17. The van der Waals surface area contributed by atoms with Crippen LogP contribution in [0.3, 0.4) is 0 Å². The molecule has 3 aromatic rings. The average Bonchev–Trinajstić information content (AvgIpc) is 2.70. The van der Waals surface area contributed by atoms with Gasteiger partial charge < -0.3 is 4.74 Å². The van der Waals surface area contributed by atoms with Gasteiger partial charge in [-0.1, -0.05) is 60.7 Å². The molecule has 0 spiro atoms. The van der Waals surface area contributed by atoms with Gasteiger partial charge in [0.2, 0.25) is 0 Å². The van der Waals surface area contributed by atoms with E-state index in [4.69, 9.17) is 4.74 Å². The first-order chi connectivity index (χ1) is 12.4. The maximum atomic E-state index is 5.42. The molecule has 1 saturated heterocycles. The average molecular weight is 349 g/mol. The number of nitrogens with zero attached hydrogens (tertiary/aromatic N) is 3. The summed E-state index contributed by atoms with van der Waals surface area (Å²) in [5.74, 6) is 0. The van der Waals surface area contributed by atoms with Crippen LogP contribution in [0.1, 0.15) is 0 Å². The number of ether oxygens (including phenoxy) is 1. The van der Waals surface area contributed by atoms with Crippen LogP contribution in [0.2, 0.25) is 0 Å². The Morgan fingerprint density at radius 3 is 2.12 bits per heavy atom. The van der Waals surface area contributed by atoms with Crippen molar-refractivity contribution in [1.29, 1.82) is 0 Å². The molecule has 4 nitrogen and oxygen atoms in total. The van der Waals surface area contributed by atoms with Gasteiger partial charge in [0.05, 0.1) is 13.2 Å². The van der Waals surface area contributed by atoms with Crippen molar-refractivity contribution in [3.8, 4) is 22.4 Å². The topological polar surface area (TPSA) is 38.2 Å². The summed E-state index contributed by atoms with van der Waals surface area (Å²) >= 11 is 1.66. The maximum Gasteiger partial charge on any atom is 0.134 e. The molecule has 0 N–H and O–H groups in total. The molecule has 4 rings (SSSR count). The van der Waals surface area contributed by atoms with Crippen LogP contribution in [0.4, 0.5) is 0 Å². The van der Waals surface area contributed by atoms with Crippen LogP contribution in [0.5, 0.6) is 0 Å². The van der Waals surface area contributed by atoms with Crippen molar-refractivity contribution in [1.82, 2.24) is 14.5 Å². The first-order valence-electron chi connectivity index (χ1n) is 8.39. The van der Waals surface area contributed by atoms with Crippen molar-refractivity contribution >= 4 is 11.9 Å². The molecule has 0 amide bonds. The summed E-state index contributed by atoms with van der Waals surface area (Å²) in [4.78, 5) is 0. The largest absolute Gasteiger partial charge is 0.379 e. The van der Waals surface area contributed by atoms with Crippen molar-refractivity contribution in [2.75, 3.05) is 26.3 Å². The van der Waals surface area contributed by atoms with E-state index in [1.807, 2.05) is 24.3 Å². The summed E-state index contributed by atoms with van der Waals surface area (Å²) in [6, 6.07) is 22.7. The number of benzene rings is 2. The first kappa shape index (κ1) is 16.3. The van der Waals surface area contributed by atoms with E-state index in [1.165, 1.54) is 0 Å². The Balaban J connectivity index is 1.72. The monoisotopic (exact) mass is 349 g/mol. The summed E-state index contributed by atoms with van der Waals surface area (Å²) < 4.78 is 7.70. The van der Waals surface area contributed by atoms with Gasteiger partial charge in [0, 0.05) is 24.2 Å². The van der Waals surface area contributed by atoms with E-state index in [0.717, 1.165) is 53.7 Å². The van der Waals surface area contributed by atoms with Crippen LogP contribution >= 0.6 is 11.9 Å². The summed E-state index contributed by atoms with van der Waals surface area (Å²) in [5, 5.41) is 9.94. The Morgan fingerprint density at radius 2 is 1.44 bits per heavy atom. The number of morpholine rings is 1. The van der Waals surface area contributed by atoms with Gasteiger partial charge in [-0.2, -0.15) is 0 Å². The van der Waals surface area contributed by atoms with Crippen molar-refractivity contribution < 1.29 is 4.74 Å². The molecule has 5 heteroatoms.